The van der Waals surface area contributed by atoms with Gasteiger partial charge in [0, 0.05) is 10.1 Å². The summed E-state index contributed by atoms with van der Waals surface area (Å²) in [6.07, 6.45) is 0. The highest BCUT2D eigenvalue weighted by Gasteiger charge is 2.21. The molecule has 0 aliphatic rings. The first-order valence-electron chi connectivity index (χ1n) is 7.44. The van der Waals surface area contributed by atoms with Gasteiger partial charge in [-0.2, -0.15) is 0 Å². The van der Waals surface area contributed by atoms with Gasteiger partial charge in [0.1, 0.15) is 16.4 Å². The molecule has 1 amide bonds. The Morgan fingerprint density at radius 3 is 2.70 bits per heavy atom. The zero-order valence-electron chi connectivity index (χ0n) is 13.4. The van der Waals surface area contributed by atoms with Gasteiger partial charge in [0.15, 0.2) is 6.61 Å². The van der Waals surface area contributed by atoms with Crippen LogP contribution < -0.4 is 5.32 Å². The van der Waals surface area contributed by atoms with Crippen molar-refractivity contribution in [1.82, 2.24) is 0 Å². The maximum Gasteiger partial charge on any atom is 0.350 e. The van der Waals surface area contributed by atoms with Crippen LogP contribution in [0.25, 0.3) is 10.1 Å². The SMILES string of the molecule is O=C(COC(=O)c1sc2ccccc2c1Cl)Nc1ccc(F)cc1[N+](=O)[O-]. The Morgan fingerprint density at radius 2 is 2.00 bits per heavy atom. The second kappa shape index (κ2) is 7.68. The number of hydrogen-bond acceptors (Lipinski definition) is 6. The quantitative estimate of drug-likeness (QED) is 0.383. The minimum Gasteiger partial charge on any atom is -0.451 e. The zero-order chi connectivity index (χ0) is 19.6. The average molecular weight is 409 g/mol. The molecule has 0 saturated carbocycles. The third-order valence-electron chi connectivity index (χ3n) is 3.49. The van der Waals surface area contributed by atoms with Crippen molar-refractivity contribution in [3.05, 3.63) is 68.3 Å². The lowest BCUT2D eigenvalue weighted by Crippen LogP contribution is -2.21. The smallest absolute Gasteiger partial charge is 0.350 e. The monoisotopic (exact) mass is 408 g/mol. The molecule has 0 radical (unpaired) electrons. The maximum absolute atomic E-state index is 13.1. The summed E-state index contributed by atoms with van der Waals surface area (Å²) in [6, 6.07) is 9.82. The molecule has 0 unspecified atom stereocenters. The van der Waals surface area contributed by atoms with Crippen LogP contribution in [0.4, 0.5) is 15.8 Å². The van der Waals surface area contributed by atoms with Crippen LogP contribution in [-0.4, -0.2) is 23.4 Å². The molecule has 27 heavy (non-hydrogen) atoms. The van der Waals surface area contributed by atoms with Crippen LogP contribution >= 0.6 is 22.9 Å². The molecule has 1 N–H and O–H groups in total. The van der Waals surface area contributed by atoms with E-state index in [0.29, 0.717) is 11.5 Å². The van der Waals surface area contributed by atoms with E-state index in [9.17, 15) is 24.1 Å². The number of nitro benzene ring substituents is 1. The predicted molar refractivity (Wildman–Crippen MR) is 98.8 cm³/mol. The summed E-state index contributed by atoms with van der Waals surface area (Å²) in [5.41, 5.74) is -0.815. The summed E-state index contributed by atoms with van der Waals surface area (Å²) in [7, 11) is 0. The fourth-order valence-corrected chi connectivity index (χ4v) is 3.69. The fraction of sp³-hybridized carbons (Fsp3) is 0.0588. The molecule has 3 aromatic rings. The predicted octanol–water partition coefficient (Wildman–Crippen LogP) is 4.40. The molecule has 1 aromatic heterocycles. The number of amides is 1. The number of fused-ring (bicyclic) bond motifs is 1. The first-order valence-corrected chi connectivity index (χ1v) is 8.64. The molecule has 0 fully saturated rings. The number of nitrogens with one attached hydrogen (secondary N) is 1. The highest BCUT2D eigenvalue weighted by atomic mass is 35.5. The van der Waals surface area contributed by atoms with Crippen LogP contribution in [0.15, 0.2) is 42.5 Å². The third kappa shape index (κ3) is 4.04. The second-order valence-electron chi connectivity index (χ2n) is 5.28. The molecule has 1 heterocycles. The molecule has 0 saturated heterocycles. The number of nitrogens with zero attached hydrogens (tertiary/aromatic N) is 1. The Kier molecular flexibility index (Phi) is 5.33. The number of ether oxygens (including phenoxy) is 1. The number of esters is 1. The van der Waals surface area contributed by atoms with Crippen molar-refractivity contribution < 1.29 is 23.6 Å². The van der Waals surface area contributed by atoms with Gasteiger partial charge in [0.05, 0.1) is 16.0 Å². The largest absolute Gasteiger partial charge is 0.451 e. The molecule has 7 nitrogen and oxygen atoms in total. The molecule has 10 heteroatoms. The molecule has 0 aliphatic heterocycles. The molecule has 138 valence electrons. The van der Waals surface area contributed by atoms with Crippen molar-refractivity contribution in [2.45, 2.75) is 0 Å². The van der Waals surface area contributed by atoms with Gasteiger partial charge in [-0.15, -0.1) is 11.3 Å². The third-order valence-corrected chi connectivity index (χ3v) is 5.14. The Hall–Kier alpha value is -3.04. The first-order chi connectivity index (χ1) is 12.9. The van der Waals surface area contributed by atoms with Crippen LogP contribution in [0, 0.1) is 15.9 Å². The van der Waals surface area contributed by atoms with E-state index in [4.69, 9.17) is 16.3 Å². The number of nitro groups is 1. The van der Waals surface area contributed by atoms with Gasteiger partial charge in [-0.25, -0.2) is 9.18 Å². The van der Waals surface area contributed by atoms with E-state index >= 15 is 0 Å². The minimum absolute atomic E-state index is 0.151. The summed E-state index contributed by atoms with van der Waals surface area (Å²) in [5, 5.41) is 14.1. The number of rotatable bonds is 5. The Bertz CT molecular complexity index is 1070. The number of anilines is 1. The van der Waals surface area contributed by atoms with Crippen LogP contribution in [-0.2, 0) is 9.53 Å². The van der Waals surface area contributed by atoms with Crippen LogP contribution in [0.2, 0.25) is 5.02 Å². The van der Waals surface area contributed by atoms with Crippen molar-refractivity contribution in [2.24, 2.45) is 0 Å². The van der Waals surface area contributed by atoms with Crippen LogP contribution in [0.1, 0.15) is 9.67 Å². The summed E-state index contributed by atoms with van der Waals surface area (Å²) in [4.78, 5) is 34.3. The Balaban J connectivity index is 1.68. The molecule has 0 atom stereocenters. The topological polar surface area (TPSA) is 98.5 Å². The van der Waals surface area contributed by atoms with Crippen molar-refractivity contribution in [3.8, 4) is 0 Å². The van der Waals surface area contributed by atoms with Gasteiger partial charge in [0.25, 0.3) is 11.6 Å². The highest BCUT2D eigenvalue weighted by Crippen LogP contribution is 2.35. The number of carbonyl (C=O) groups is 2. The molecule has 0 bridgehead atoms. The van der Waals surface area contributed by atoms with Gasteiger partial charge in [-0.1, -0.05) is 29.8 Å². The summed E-state index contributed by atoms with van der Waals surface area (Å²) in [6.45, 7) is -0.683. The standard InChI is InChI=1S/C17H10ClFN2O5S/c18-15-10-3-1-2-4-13(10)27-16(15)17(23)26-8-14(22)20-11-6-5-9(19)7-12(11)21(24)25/h1-7H,8H2,(H,20,22). The van der Waals surface area contributed by atoms with Crippen LogP contribution in [0.5, 0.6) is 0 Å². The number of thiophene rings is 1. The van der Waals surface area contributed by atoms with Crippen molar-refractivity contribution >= 4 is 56.3 Å². The lowest BCUT2D eigenvalue weighted by molar-refractivity contribution is -0.384. The molecule has 3 rings (SSSR count). The van der Waals surface area contributed by atoms with E-state index in [2.05, 4.69) is 5.32 Å². The number of benzene rings is 2. The van der Waals surface area contributed by atoms with E-state index in [1.807, 2.05) is 0 Å². The molecular weight excluding hydrogens is 399 g/mol. The molecule has 0 aliphatic carbocycles. The minimum atomic E-state index is -0.832. The number of hydrogen-bond donors (Lipinski definition) is 1. The lowest BCUT2D eigenvalue weighted by Gasteiger charge is -2.07. The van der Waals surface area contributed by atoms with E-state index in [-0.39, 0.29) is 15.6 Å². The maximum atomic E-state index is 13.1. The van der Waals surface area contributed by atoms with E-state index in [1.54, 1.807) is 24.3 Å². The Labute approximate surface area is 160 Å². The van der Waals surface area contributed by atoms with Crippen LogP contribution in [0.3, 0.4) is 0 Å². The van der Waals surface area contributed by atoms with Gasteiger partial charge in [-0.05, 0) is 18.2 Å². The zero-order valence-corrected chi connectivity index (χ0v) is 15.0. The van der Waals surface area contributed by atoms with Gasteiger partial charge >= 0.3 is 5.97 Å². The van der Waals surface area contributed by atoms with E-state index < -0.39 is 34.9 Å². The second-order valence-corrected chi connectivity index (χ2v) is 6.71. The molecule has 0 spiro atoms. The molecular formula is C17H10ClFN2O5S. The van der Waals surface area contributed by atoms with Crippen molar-refractivity contribution in [2.75, 3.05) is 11.9 Å². The number of halogens is 2. The lowest BCUT2D eigenvalue weighted by atomic mass is 10.2. The highest BCUT2D eigenvalue weighted by molar-refractivity contribution is 7.21. The Morgan fingerprint density at radius 1 is 1.26 bits per heavy atom. The normalized spacial score (nSPS) is 10.6. The van der Waals surface area contributed by atoms with Gasteiger partial charge in [0.2, 0.25) is 0 Å². The number of carbonyl (C=O) groups excluding carboxylic acids is 2. The van der Waals surface area contributed by atoms with E-state index in [0.717, 1.165) is 28.2 Å². The summed E-state index contributed by atoms with van der Waals surface area (Å²) >= 11 is 7.29. The molecule has 2 aromatic carbocycles. The van der Waals surface area contributed by atoms with E-state index in [1.165, 1.54) is 0 Å². The van der Waals surface area contributed by atoms with Gasteiger partial charge < -0.3 is 10.1 Å². The van der Waals surface area contributed by atoms with Gasteiger partial charge in [-0.3, -0.25) is 14.9 Å². The first kappa shape index (κ1) is 18.7. The van der Waals surface area contributed by atoms with Crippen molar-refractivity contribution in [3.63, 3.8) is 0 Å². The van der Waals surface area contributed by atoms with Crippen molar-refractivity contribution in [1.29, 1.82) is 0 Å². The summed E-state index contributed by atoms with van der Waals surface area (Å²) in [5.74, 6) is -2.41. The fourth-order valence-electron chi connectivity index (χ4n) is 2.29. The average Bonchev–Trinajstić information content (AvgIpc) is 2.98. The summed E-state index contributed by atoms with van der Waals surface area (Å²) < 4.78 is 18.8.